The van der Waals surface area contributed by atoms with E-state index < -0.39 is 6.04 Å². The number of thiophene rings is 1. The number of piperidine rings is 1. The molecule has 3 aliphatic rings. The maximum absolute atomic E-state index is 13.2. The minimum Gasteiger partial charge on any atom is -0.352 e. The summed E-state index contributed by atoms with van der Waals surface area (Å²) in [6, 6.07) is 3.04. The van der Waals surface area contributed by atoms with Crippen LogP contribution in [0.4, 0.5) is 4.79 Å². The van der Waals surface area contributed by atoms with Gasteiger partial charge in [0, 0.05) is 10.9 Å². The van der Waals surface area contributed by atoms with Crippen molar-refractivity contribution in [2.75, 3.05) is 13.1 Å². The Bertz CT molecular complexity index is 717. The van der Waals surface area contributed by atoms with Gasteiger partial charge in [0.1, 0.15) is 12.6 Å². The Balaban J connectivity index is 1.48. The Hall–Kier alpha value is -1.93. The second-order valence-electron chi connectivity index (χ2n) is 7.96. The van der Waals surface area contributed by atoms with Crippen molar-refractivity contribution in [3.05, 3.63) is 22.4 Å². The molecule has 8 heteroatoms. The van der Waals surface area contributed by atoms with Gasteiger partial charge in [0.15, 0.2) is 0 Å². The summed E-state index contributed by atoms with van der Waals surface area (Å²) < 4.78 is 0. The fraction of sp³-hybridized carbons (Fsp3) is 0.650. The Kier molecular flexibility index (Phi) is 5.96. The number of nitrogens with one attached hydrogen (secondary N) is 2. The van der Waals surface area contributed by atoms with Gasteiger partial charge in [-0.1, -0.05) is 25.3 Å². The molecule has 3 heterocycles. The van der Waals surface area contributed by atoms with E-state index in [1.54, 1.807) is 4.90 Å². The van der Waals surface area contributed by atoms with E-state index in [1.165, 1.54) is 22.7 Å². The smallest absolute Gasteiger partial charge is 0.327 e. The largest absolute Gasteiger partial charge is 0.352 e. The third-order valence-electron chi connectivity index (χ3n) is 6.01. The van der Waals surface area contributed by atoms with Gasteiger partial charge in [-0.05, 0) is 43.7 Å². The van der Waals surface area contributed by atoms with E-state index in [2.05, 4.69) is 10.6 Å². The molecule has 28 heavy (non-hydrogen) atoms. The minimum absolute atomic E-state index is 0.0202. The lowest BCUT2D eigenvalue weighted by atomic mass is 9.93. The molecule has 0 aromatic carbocycles. The second-order valence-corrected chi connectivity index (χ2v) is 8.99. The van der Waals surface area contributed by atoms with Crippen LogP contribution in [-0.2, 0) is 16.1 Å². The molecule has 7 nitrogen and oxygen atoms in total. The quantitative estimate of drug-likeness (QED) is 0.787. The van der Waals surface area contributed by atoms with Gasteiger partial charge in [0.2, 0.25) is 11.8 Å². The predicted octanol–water partition coefficient (Wildman–Crippen LogP) is 2.08. The molecule has 1 saturated carbocycles. The zero-order valence-corrected chi connectivity index (χ0v) is 16.9. The Morgan fingerprint density at radius 3 is 2.75 bits per heavy atom. The summed E-state index contributed by atoms with van der Waals surface area (Å²) in [5.41, 5.74) is 0. The minimum atomic E-state index is -0.422. The lowest BCUT2D eigenvalue weighted by Crippen LogP contribution is -2.70. The summed E-state index contributed by atoms with van der Waals surface area (Å²) in [6.07, 6.45) is 7.18. The summed E-state index contributed by atoms with van der Waals surface area (Å²) in [5.74, 6) is -0.290. The zero-order valence-electron chi connectivity index (χ0n) is 16.1. The first kappa shape index (κ1) is 19.4. The van der Waals surface area contributed by atoms with Gasteiger partial charge in [0.05, 0.1) is 12.6 Å². The van der Waals surface area contributed by atoms with E-state index in [9.17, 15) is 14.4 Å². The van der Waals surface area contributed by atoms with Crippen molar-refractivity contribution in [2.45, 2.75) is 69.6 Å². The van der Waals surface area contributed by atoms with E-state index in [0.29, 0.717) is 0 Å². The molecule has 2 aliphatic heterocycles. The second kappa shape index (κ2) is 8.61. The van der Waals surface area contributed by atoms with Gasteiger partial charge >= 0.3 is 6.03 Å². The monoisotopic (exact) mass is 404 g/mol. The van der Waals surface area contributed by atoms with Gasteiger partial charge in [-0.3, -0.25) is 14.5 Å². The average Bonchev–Trinajstić information content (AvgIpc) is 3.22. The predicted molar refractivity (Wildman–Crippen MR) is 107 cm³/mol. The van der Waals surface area contributed by atoms with Crippen LogP contribution in [0.5, 0.6) is 0 Å². The number of carbonyl (C=O) groups excluding carboxylic acids is 3. The molecule has 4 rings (SSSR count). The molecular weight excluding hydrogens is 376 g/mol. The summed E-state index contributed by atoms with van der Waals surface area (Å²) in [5, 5.41) is 8.31. The summed E-state index contributed by atoms with van der Waals surface area (Å²) in [4.78, 5) is 42.7. The molecule has 3 fully saturated rings. The lowest BCUT2D eigenvalue weighted by molar-refractivity contribution is -0.139. The number of nitrogens with zero attached hydrogens (tertiary/aromatic N) is 2. The fourth-order valence-electron chi connectivity index (χ4n) is 4.58. The highest BCUT2D eigenvalue weighted by molar-refractivity contribution is 7.09. The van der Waals surface area contributed by atoms with Gasteiger partial charge in [0.25, 0.3) is 0 Å². The number of hydrogen-bond donors (Lipinski definition) is 2. The molecule has 1 aliphatic carbocycles. The van der Waals surface area contributed by atoms with Crippen molar-refractivity contribution in [3.63, 3.8) is 0 Å². The summed E-state index contributed by atoms with van der Waals surface area (Å²) >= 11 is 1.52. The van der Waals surface area contributed by atoms with Crippen molar-refractivity contribution >= 4 is 29.2 Å². The molecule has 2 atom stereocenters. The van der Waals surface area contributed by atoms with Crippen LogP contribution in [0.15, 0.2) is 17.5 Å². The first-order valence-electron chi connectivity index (χ1n) is 10.3. The molecule has 1 aromatic rings. The van der Waals surface area contributed by atoms with E-state index in [0.717, 1.165) is 49.9 Å². The highest BCUT2D eigenvalue weighted by Gasteiger charge is 2.47. The third-order valence-corrected chi connectivity index (χ3v) is 6.87. The highest BCUT2D eigenvalue weighted by atomic mass is 32.1. The third kappa shape index (κ3) is 4.07. The van der Waals surface area contributed by atoms with E-state index >= 15 is 0 Å². The summed E-state index contributed by atoms with van der Waals surface area (Å²) in [6.45, 7) is 1.05. The first-order chi connectivity index (χ1) is 13.6. The van der Waals surface area contributed by atoms with Gasteiger partial charge in [-0.25, -0.2) is 4.79 Å². The number of urea groups is 1. The molecule has 2 N–H and O–H groups in total. The SMILES string of the molecule is O=C(CN1C(=O)N(Cc2cccs2)C(=O)C2NCCCC21)NC1CCCCC1. The molecule has 0 bridgehead atoms. The van der Waals surface area contributed by atoms with Crippen LogP contribution in [0.3, 0.4) is 0 Å². The number of hydrogen-bond acceptors (Lipinski definition) is 5. The highest BCUT2D eigenvalue weighted by Crippen LogP contribution is 2.26. The average molecular weight is 405 g/mol. The molecular formula is C20H28N4O3S. The molecule has 4 amide bonds. The normalized spacial score (nSPS) is 26.3. The number of rotatable bonds is 5. The van der Waals surface area contributed by atoms with Crippen LogP contribution < -0.4 is 10.6 Å². The van der Waals surface area contributed by atoms with Crippen LogP contribution in [0, 0.1) is 0 Å². The fourth-order valence-corrected chi connectivity index (χ4v) is 5.27. The topological polar surface area (TPSA) is 81.8 Å². The number of fused-ring (bicyclic) bond motifs is 1. The van der Waals surface area contributed by atoms with Crippen molar-refractivity contribution < 1.29 is 14.4 Å². The van der Waals surface area contributed by atoms with E-state index in [4.69, 9.17) is 0 Å². The van der Waals surface area contributed by atoms with E-state index in [1.807, 2.05) is 17.5 Å². The van der Waals surface area contributed by atoms with Gasteiger partial charge < -0.3 is 15.5 Å². The Morgan fingerprint density at radius 1 is 1.18 bits per heavy atom. The van der Waals surface area contributed by atoms with Gasteiger partial charge in [-0.2, -0.15) is 0 Å². The summed E-state index contributed by atoms with van der Waals surface area (Å²) in [7, 11) is 0. The van der Waals surface area contributed by atoms with Crippen LogP contribution in [-0.4, -0.2) is 58.9 Å². The Morgan fingerprint density at radius 2 is 2.00 bits per heavy atom. The van der Waals surface area contributed by atoms with Crippen molar-refractivity contribution in [1.82, 2.24) is 20.4 Å². The van der Waals surface area contributed by atoms with Crippen LogP contribution in [0.25, 0.3) is 0 Å². The lowest BCUT2D eigenvalue weighted by Gasteiger charge is -2.46. The molecule has 0 radical (unpaired) electrons. The maximum atomic E-state index is 13.2. The molecule has 1 aromatic heterocycles. The number of imide groups is 1. The zero-order chi connectivity index (χ0) is 19.5. The molecule has 2 saturated heterocycles. The van der Waals surface area contributed by atoms with Crippen LogP contribution >= 0.6 is 11.3 Å². The first-order valence-corrected chi connectivity index (χ1v) is 11.2. The molecule has 152 valence electrons. The Labute approximate surface area is 169 Å². The standard InChI is InChI=1S/C20H28N4O3S/c25-17(22-14-6-2-1-3-7-14)13-23-16-9-4-10-21-18(16)19(26)24(20(23)27)12-15-8-5-11-28-15/h5,8,11,14,16,18,21H,1-4,6-7,9-10,12-13H2,(H,22,25). The van der Waals surface area contributed by atoms with Gasteiger partial charge in [-0.15, -0.1) is 11.3 Å². The maximum Gasteiger partial charge on any atom is 0.327 e. The molecule has 0 spiro atoms. The number of carbonyl (C=O) groups is 3. The van der Waals surface area contributed by atoms with Crippen LogP contribution in [0.2, 0.25) is 0 Å². The van der Waals surface area contributed by atoms with Crippen LogP contribution in [0.1, 0.15) is 49.8 Å². The van der Waals surface area contributed by atoms with Crippen molar-refractivity contribution in [3.8, 4) is 0 Å². The van der Waals surface area contributed by atoms with Crippen molar-refractivity contribution in [1.29, 1.82) is 0 Å². The van der Waals surface area contributed by atoms with Crippen molar-refractivity contribution in [2.24, 2.45) is 0 Å². The van der Waals surface area contributed by atoms with E-state index in [-0.39, 0.29) is 43.0 Å². The molecule has 2 unspecified atom stereocenters. The number of amides is 4.